The molecule has 0 bridgehead atoms. The number of benzene rings is 1. The van der Waals surface area contributed by atoms with Gasteiger partial charge in [0.25, 0.3) is 7.05 Å². The maximum atomic E-state index is 10.9. The fourth-order valence-corrected chi connectivity index (χ4v) is 0.937. The first-order chi connectivity index (χ1) is 5.74. The Labute approximate surface area is 71.7 Å². The Bertz CT molecular complexity index is 358. The second-order valence-corrected chi connectivity index (χ2v) is 2.47. The van der Waals surface area contributed by atoms with Crippen molar-refractivity contribution in [2.75, 3.05) is 7.05 Å². The second kappa shape index (κ2) is 3.68. The predicted octanol–water partition coefficient (Wildman–Crippen LogP) is 2.20. The van der Waals surface area contributed by atoms with Crippen LogP contribution in [-0.2, 0) is 0 Å². The van der Waals surface area contributed by atoms with Crippen molar-refractivity contribution in [3.8, 4) is 6.07 Å². The highest BCUT2D eigenvalue weighted by Crippen LogP contribution is 2.04. The van der Waals surface area contributed by atoms with Crippen LogP contribution in [0.4, 0.5) is 0 Å². The highest BCUT2D eigenvalue weighted by Gasteiger charge is 2.00. The zero-order valence-electron chi connectivity index (χ0n) is 7.16. The number of nitrogens with zero attached hydrogens (tertiary/aromatic N) is 1. The number of Topliss-reactive ketones (excluding diaryl/α,β-unsaturated/α-hetero) is 1. The lowest BCUT2D eigenvalue weighted by atomic mass is 10.1. The Balaban J connectivity index is 3.09. The fourth-order valence-electron chi connectivity index (χ4n) is 0.937. The number of rotatable bonds is 1. The van der Waals surface area contributed by atoms with Gasteiger partial charge in [-0.3, -0.25) is 4.79 Å². The summed E-state index contributed by atoms with van der Waals surface area (Å²) in [7, 11) is 1.65. The van der Waals surface area contributed by atoms with E-state index >= 15 is 0 Å². The molecule has 0 radical (unpaired) electrons. The van der Waals surface area contributed by atoms with E-state index in [1.54, 1.807) is 26.1 Å². The third-order valence-corrected chi connectivity index (χ3v) is 1.51. The highest BCUT2D eigenvalue weighted by molar-refractivity contribution is 5.94. The molecule has 0 heterocycles. The average molecular weight is 160 g/mol. The van der Waals surface area contributed by atoms with Gasteiger partial charge in [-0.1, -0.05) is 17.0 Å². The Hall–Kier alpha value is -1.62. The Morgan fingerprint density at radius 3 is 2.83 bits per heavy atom. The maximum absolute atomic E-state index is 10.9. The summed E-state index contributed by atoms with van der Waals surface area (Å²) in [6, 6.07) is 10.0. The third-order valence-electron chi connectivity index (χ3n) is 1.51. The van der Waals surface area contributed by atoms with Crippen LogP contribution in [0.1, 0.15) is 22.8 Å². The van der Waals surface area contributed by atoms with E-state index in [1.165, 1.54) is 0 Å². The molecule has 0 aromatic heterocycles. The summed E-state index contributed by atoms with van der Waals surface area (Å²) in [6.45, 7) is 1.54. The summed E-state index contributed by atoms with van der Waals surface area (Å²) in [5.74, 6) is 0.0646. The minimum atomic E-state index is 0.0646. The van der Waals surface area contributed by atoms with Crippen LogP contribution in [0.3, 0.4) is 0 Å². The molecule has 12 heavy (non-hydrogen) atoms. The molecular formula is C10H10NO+. The molecule has 0 spiro atoms. The molecule has 0 aliphatic heterocycles. The van der Waals surface area contributed by atoms with E-state index in [0.717, 1.165) is 5.56 Å². The van der Waals surface area contributed by atoms with Gasteiger partial charge < -0.3 is 0 Å². The van der Waals surface area contributed by atoms with E-state index in [4.69, 9.17) is 0 Å². The minimum absolute atomic E-state index is 0.0646. The summed E-state index contributed by atoms with van der Waals surface area (Å²) in [5, 5.41) is 0. The van der Waals surface area contributed by atoms with Crippen LogP contribution < -0.4 is 0 Å². The second-order valence-electron chi connectivity index (χ2n) is 2.47. The number of hydrogen-bond donors (Lipinski definition) is 0. The Morgan fingerprint density at radius 2 is 2.25 bits per heavy atom. The van der Waals surface area contributed by atoms with Crippen LogP contribution in [-0.4, -0.2) is 12.8 Å². The smallest absolute Gasteiger partial charge is 0.295 e. The van der Waals surface area contributed by atoms with Crippen molar-refractivity contribution in [3.05, 3.63) is 40.2 Å². The molecule has 0 amide bonds. The van der Waals surface area contributed by atoms with Gasteiger partial charge in [-0.05, 0) is 19.1 Å². The number of hydrogen-bond acceptors (Lipinski definition) is 1. The summed E-state index contributed by atoms with van der Waals surface area (Å²) in [5.41, 5.74) is 1.54. The normalized spacial score (nSPS) is 8.50. The van der Waals surface area contributed by atoms with Crippen molar-refractivity contribution < 1.29 is 4.79 Å². The van der Waals surface area contributed by atoms with Crippen LogP contribution in [0.25, 0.3) is 4.85 Å². The van der Waals surface area contributed by atoms with E-state index < -0.39 is 0 Å². The van der Waals surface area contributed by atoms with Gasteiger partial charge >= 0.3 is 6.07 Å². The lowest BCUT2D eigenvalue weighted by molar-refractivity contribution is 0.101. The number of carbonyl (C=O) groups is 1. The highest BCUT2D eigenvalue weighted by atomic mass is 16.1. The van der Waals surface area contributed by atoms with Gasteiger partial charge in [0.1, 0.15) is 5.56 Å². The fraction of sp³-hybridized carbons (Fsp3) is 0.200. The van der Waals surface area contributed by atoms with Crippen molar-refractivity contribution >= 4 is 5.78 Å². The van der Waals surface area contributed by atoms with Crippen molar-refractivity contribution in [2.24, 2.45) is 0 Å². The van der Waals surface area contributed by atoms with E-state index in [0.29, 0.717) is 5.56 Å². The minimum Gasteiger partial charge on any atom is -0.295 e. The summed E-state index contributed by atoms with van der Waals surface area (Å²) < 4.78 is 0. The Kier molecular flexibility index (Phi) is 2.60. The molecule has 0 unspecified atom stereocenters. The van der Waals surface area contributed by atoms with Gasteiger partial charge in [0, 0.05) is 5.56 Å². The van der Waals surface area contributed by atoms with Crippen molar-refractivity contribution in [1.82, 2.24) is 0 Å². The molecule has 0 atom stereocenters. The molecule has 0 fully saturated rings. The molecule has 0 aliphatic carbocycles. The lowest BCUT2D eigenvalue weighted by Crippen LogP contribution is -1.91. The van der Waals surface area contributed by atoms with Crippen molar-refractivity contribution in [1.29, 1.82) is 0 Å². The average Bonchev–Trinajstić information content (AvgIpc) is 2.05. The van der Waals surface area contributed by atoms with E-state index in [9.17, 15) is 4.79 Å². The van der Waals surface area contributed by atoms with Gasteiger partial charge in [-0.25, -0.2) is 0 Å². The van der Waals surface area contributed by atoms with Crippen molar-refractivity contribution in [3.63, 3.8) is 0 Å². The molecule has 1 rings (SSSR count). The summed E-state index contributed by atoms with van der Waals surface area (Å²) in [6.07, 6.45) is 0. The van der Waals surface area contributed by atoms with Crippen LogP contribution in [0.2, 0.25) is 0 Å². The number of carbonyl (C=O) groups excluding carboxylic acids is 1. The molecule has 2 nitrogen and oxygen atoms in total. The maximum Gasteiger partial charge on any atom is 0.310 e. The summed E-state index contributed by atoms with van der Waals surface area (Å²) >= 11 is 0. The Morgan fingerprint density at radius 1 is 1.50 bits per heavy atom. The largest absolute Gasteiger partial charge is 0.310 e. The SMILES string of the molecule is C[N+]#Cc1cccc(C(C)=O)c1. The van der Waals surface area contributed by atoms with E-state index in [1.807, 2.05) is 12.1 Å². The molecule has 1 aromatic carbocycles. The van der Waals surface area contributed by atoms with Crippen LogP contribution in [0.15, 0.2) is 24.3 Å². The molecule has 0 N–H and O–H groups in total. The summed E-state index contributed by atoms with van der Waals surface area (Å²) in [4.78, 5) is 14.7. The predicted molar refractivity (Wildman–Crippen MR) is 48.7 cm³/mol. The zero-order valence-corrected chi connectivity index (χ0v) is 7.16. The first-order valence-corrected chi connectivity index (χ1v) is 3.70. The van der Waals surface area contributed by atoms with Gasteiger partial charge in [0.15, 0.2) is 5.78 Å². The molecule has 0 saturated carbocycles. The van der Waals surface area contributed by atoms with Gasteiger partial charge in [-0.2, -0.15) is 0 Å². The first-order valence-electron chi connectivity index (χ1n) is 3.70. The number of ketones is 1. The van der Waals surface area contributed by atoms with Crippen LogP contribution in [0, 0.1) is 6.07 Å². The zero-order chi connectivity index (χ0) is 8.97. The lowest BCUT2D eigenvalue weighted by Gasteiger charge is -1.92. The van der Waals surface area contributed by atoms with Gasteiger partial charge in [-0.15, -0.1) is 0 Å². The third kappa shape index (κ3) is 1.93. The van der Waals surface area contributed by atoms with E-state index in [-0.39, 0.29) is 5.78 Å². The molecule has 0 saturated heterocycles. The van der Waals surface area contributed by atoms with Gasteiger partial charge in [0.2, 0.25) is 0 Å². The van der Waals surface area contributed by atoms with Gasteiger partial charge in [0.05, 0.1) is 0 Å². The molecule has 0 aliphatic rings. The van der Waals surface area contributed by atoms with E-state index in [2.05, 4.69) is 10.9 Å². The molecule has 2 heteroatoms. The van der Waals surface area contributed by atoms with Crippen molar-refractivity contribution in [2.45, 2.75) is 6.92 Å². The van der Waals surface area contributed by atoms with Crippen LogP contribution in [0.5, 0.6) is 0 Å². The monoisotopic (exact) mass is 160 g/mol. The standard InChI is InChI=1S/C10H10NO/c1-8(12)10-5-3-4-9(6-10)7-11-2/h3-6H,1-2H3/q+1. The topological polar surface area (TPSA) is 21.4 Å². The van der Waals surface area contributed by atoms with Crippen LogP contribution >= 0.6 is 0 Å². The molecule has 60 valence electrons. The molecular weight excluding hydrogens is 150 g/mol. The molecule has 1 aromatic rings. The first kappa shape index (κ1) is 8.48. The quantitative estimate of drug-likeness (QED) is 0.577.